The highest BCUT2D eigenvalue weighted by atomic mass is 31.2. The number of imidazole rings is 1. The Balaban J connectivity index is 1.74. The van der Waals surface area contributed by atoms with E-state index in [0.717, 1.165) is 52.6 Å². The van der Waals surface area contributed by atoms with Crippen LogP contribution in [0.2, 0.25) is 0 Å². The first-order valence-electron chi connectivity index (χ1n) is 12.7. The van der Waals surface area contributed by atoms with Crippen molar-refractivity contribution in [3.63, 3.8) is 0 Å². The molecule has 0 unspecified atom stereocenters. The minimum absolute atomic E-state index is 0.137. The summed E-state index contributed by atoms with van der Waals surface area (Å²) in [6.07, 6.45) is 4.90. The minimum atomic E-state index is -4.66. The molecule has 4 aromatic rings. The number of aromatic nitrogens is 3. The molecule has 0 saturated heterocycles. The summed E-state index contributed by atoms with van der Waals surface area (Å²) in [4.78, 5) is 41.6. The largest absolute Gasteiger partial charge is 0.524 e. The Labute approximate surface area is 225 Å². The Morgan fingerprint density at radius 1 is 1.10 bits per heavy atom. The highest BCUT2D eigenvalue weighted by molar-refractivity contribution is 7.46. The molecule has 0 saturated carbocycles. The van der Waals surface area contributed by atoms with Gasteiger partial charge in [0, 0.05) is 18.4 Å². The van der Waals surface area contributed by atoms with E-state index in [0.29, 0.717) is 43.1 Å². The zero-order chi connectivity index (χ0) is 28.0. The van der Waals surface area contributed by atoms with Crippen molar-refractivity contribution in [2.24, 2.45) is 4.99 Å². The lowest BCUT2D eigenvalue weighted by molar-refractivity contribution is 0.145. The second-order valence-electron chi connectivity index (χ2n) is 9.28. The van der Waals surface area contributed by atoms with Crippen molar-refractivity contribution in [1.82, 2.24) is 14.5 Å². The number of unbranched alkanes of at least 4 members (excludes halogenated alkanes) is 1. The third-order valence-corrected chi connectivity index (χ3v) is 6.78. The molecule has 0 bridgehead atoms. The summed E-state index contributed by atoms with van der Waals surface area (Å²) >= 11 is 0. The molecule has 0 aliphatic carbocycles. The molecule has 2 aromatic heterocycles. The molecule has 0 aliphatic heterocycles. The second kappa shape index (κ2) is 12.5. The number of rotatable bonds is 13. The molecule has 0 spiro atoms. The third-order valence-electron chi connectivity index (χ3n) is 6.34. The number of aliphatic imine (C=N–C) groups is 1. The van der Waals surface area contributed by atoms with Crippen LogP contribution in [-0.4, -0.2) is 50.2 Å². The molecular weight excluding hydrogens is 521 g/mol. The van der Waals surface area contributed by atoms with Gasteiger partial charge in [0.25, 0.3) is 0 Å². The summed E-state index contributed by atoms with van der Waals surface area (Å²) in [5, 5.41) is 0.927. The maximum Gasteiger partial charge on any atom is 0.524 e. The highest BCUT2D eigenvalue weighted by Gasteiger charge is 2.20. The normalized spacial score (nSPS) is 11.7. The van der Waals surface area contributed by atoms with E-state index in [9.17, 15) is 19.1 Å². The number of phosphoric ester groups is 1. The lowest BCUT2D eigenvalue weighted by Crippen LogP contribution is -2.07. The van der Waals surface area contributed by atoms with Crippen LogP contribution < -0.4 is 10.3 Å². The van der Waals surface area contributed by atoms with Gasteiger partial charge in [0.2, 0.25) is 6.08 Å². The van der Waals surface area contributed by atoms with Crippen molar-refractivity contribution in [1.29, 1.82) is 0 Å². The van der Waals surface area contributed by atoms with E-state index >= 15 is 0 Å². The number of nitrogens with zero attached hydrogens (tertiary/aromatic N) is 4. The van der Waals surface area contributed by atoms with Gasteiger partial charge in [-0.2, -0.15) is 0 Å². The number of carbonyl (C=O) groups excluding carboxylic acids is 1. The second-order valence-corrected chi connectivity index (χ2v) is 10.4. The number of ether oxygens (including phenoxy) is 1. The number of aryl methyl sites for hydroxylation is 2. The summed E-state index contributed by atoms with van der Waals surface area (Å²) in [6.45, 7) is 5.48. The van der Waals surface area contributed by atoms with Gasteiger partial charge in [0.1, 0.15) is 17.1 Å². The number of benzene rings is 2. The smallest absolute Gasteiger partial charge is 0.404 e. The lowest BCUT2D eigenvalue weighted by Gasteiger charge is -2.14. The zero-order valence-electron chi connectivity index (χ0n) is 22.0. The summed E-state index contributed by atoms with van der Waals surface area (Å²) < 4.78 is 23.8. The topological polar surface area (TPSA) is 162 Å². The van der Waals surface area contributed by atoms with Crippen LogP contribution in [0.5, 0.6) is 5.75 Å². The number of pyridine rings is 1. The Morgan fingerprint density at radius 2 is 1.90 bits per heavy atom. The fourth-order valence-corrected chi connectivity index (χ4v) is 4.99. The fourth-order valence-electron chi connectivity index (χ4n) is 4.53. The van der Waals surface area contributed by atoms with Gasteiger partial charge in [-0.1, -0.05) is 31.5 Å². The van der Waals surface area contributed by atoms with Crippen LogP contribution in [0, 0.1) is 6.92 Å². The Hall–Kier alpha value is -3.59. The Bertz CT molecular complexity index is 1570. The van der Waals surface area contributed by atoms with E-state index in [-0.39, 0.29) is 12.3 Å². The van der Waals surface area contributed by atoms with Crippen LogP contribution in [-0.2, 0) is 33.5 Å². The Kier molecular flexibility index (Phi) is 9.12. The van der Waals surface area contributed by atoms with Crippen molar-refractivity contribution in [2.45, 2.75) is 46.1 Å². The predicted molar refractivity (Wildman–Crippen MR) is 149 cm³/mol. The number of fused-ring (bicyclic) bond motifs is 3. The van der Waals surface area contributed by atoms with Gasteiger partial charge in [-0.3, -0.25) is 9.79 Å². The van der Waals surface area contributed by atoms with Gasteiger partial charge in [-0.25, -0.2) is 24.3 Å². The van der Waals surface area contributed by atoms with E-state index in [2.05, 4.69) is 27.5 Å². The van der Waals surface area contributed by atoms with E-state index in [1.165, 1.54) is 6.08 Å². The van der Waals surface area contributed by atoms with E-state index in [4.69, 9.17) is 20.0 Å². The van der Waals surface area contributed by atoms with Crippen LogP contribution >= 0.6 is 7.82 Å². The monoisotopic (exact) mass is 553 g/mol. The average molecular weight is 554 g/mol. The molecule has 2 aromatic carbocycles. The van der Waals surface area contributed by atoms with Crippen molar-refractivity contribution >= 4 is 41.7 Å². The number of phosphoric acid groups is 1. The number of nitrogen functional groups attached to an aromatic ring is 1. The quantitative estimate of drug-likeness (QED) is 0.0952. The number of hydrogen-bond donors (Lipinski definition) is 3. The van der Waals surface area contributed by atoms with Gasteiger partial charge < -0.3 is 19.6 Å². The summed E-state index contributed by atoms with van der Waals surface area (Å²) in [6, 6.07) is 11.2. The van der Waals surface area contributed by atoms with Crippen molar-refractivity contribution in [3.05, 3.63) is 58.9 Å². The molecule has 4 N–H and O–H groups in total. The summed E-state index contributed by atoms with van der Waals surface area (Å²) in [5.74, 6) is 1.39. The number of anilines is 1. The van der Waals surface area contributed by atoms with E-state index < -0.39 is 7.82 Å². The Morgan fingerprint density at radius 3 is 2.62 bits per heavy atom. The molecule has 39 heavy (non-hydrogen) atoms. The first-order valence-corrected chi connectivity index (χ1v) is 14.3. The first kappa shape index (κ1) is 28.4. The number of isocyanates is 1. The van der Waals surface area contributed by atoms with Crippen LogP contribution in [0.4, 0.5) is 5.82 Å². The standard InChI is InChI=1S/C27H32N5O6P/c1-3-4-5-24-31-25-26(32(24)16-20-7-9-23(18(2)14-20)38-39(34,35)36)21-15-19(6-8-22(21)30-27(25)28)10-12-37-13-11-29-17-33/h6-9,14-15H,3-5,10-13,16H2,1-2H3,(H2,28,30)(H2,34,35,36). The molecule has 0 amide bonds. The maximum atomic E-state index is 11.3. The van der Waals surface area contributed by atoms with Gasteiger partial charge >= 0.3 is 7.82 Å². The van der Waals surface area contributed by atoms with Gasteiger partial charge in [0.05, 0.1) is 30.8 Å². The molecule has 2 heterocycles. The van der Waals surface area contributed by atoms with Crippen LogP contribution in [0.3, 0.4) is 0 Å². The van der Waals surface area contributed by atoms with Crippen LogP contribution in [0.25, 0.3) is 21.9 Å². The fraction of sp³-hybridized carbons (Fsp3) is 0.370. The number of hydrogen-bond acceptors (Lipinski definition) is 8. The molecule has 12 heteroatoms. The van der Waals surface area contributed by atoms with Crippen molar-refractivity contribution < 1.29 is 28.4 Å². The third kappa shape index (κ3) is 7.09. The SMILES string of the molecule is CCCCc1nc2c(N)nc3ccc(CCOCCN=C=O)cc3c2n1Cc1ccc(OP(=O)(O)O)c(C)c1. The first-order chi connectivity index (χ1) is 18.7. The predicted octanol–water partition coefficient (Wildman–Crippen LogP) is 4.23. The molecule has 0 aliphatic rings. The maximum absolute atomic E-state index is 11.3. The van der Waals surface area contributed by atoms with Gasteiger partial charge in [-0.15, -0.1) is 0 Å². The molecule has 0 atom stereocenters. The molecule has 206 valence electrons. The van der Waals surface area contributed by atoms with Gasteiger partial charge in [-0.05, 0) is 54.7 Å². The molecule has 0 fully saturated rings. The number of nitrogens with two attached hydrogens (primary N) is 1. The van der Waals surface area contributed by atoms with Crippen LogP contribution in [0.1, 0.15) is 42.3 Å². The summed E-state index contributed by atoms with van der Waals surface area (Å²) in [7, 11) is -4.66. The van der Waals surface area contributed by atoms with Crippen molar-refractivity contribution in [3.8, 4) is 5.75 Å². The van der Waals surface area contributed by atoms with Crippen LogP contribution in [0.15, 0.2) is 41.4 Å². The minimum Gasteiger partial charge on any atom is -0.404 e. The lowest BCUT2D eigenvalue weighted by atomic mass is 10.1. The molecule has 11 nitrogen and oxygen atoms in total. The van der Waals surface area contributed by atoms with E-state index in [1.807, 2.05) is 18.2 Å². The van der Waals surface area contributed by atoms with E-state index in [1.54, 1.807) is 19.1 Å². The zero-order valence-corrected chi connectivity index (χ0v) is 22.9. The molecule has 0 radical (unpaired) electrons. The molecule has 4 rings (SSSR count). The summed E-state index contributed by atoms with van der Waals surface area (Å²) in [5.41, 5.74) is 11.3. The highest BCUT2D eigenvalue weighted by Crippen LogP contribution is 2.39. The van der Waals surface area contributed by atoms with Gasteiger partial charge in [0.15, 0.2) is 5.82 Å². The molecular formula is C27H32N5O6P. The average Bonchev–Trinajstić information content (AvgIpc) is 3.25. The van der Waals surface area contributed by atoms with Crippen molar-refractivity contribution in [2.75, 3.05) is 25.5 Å².